The minimum atomic E-state index is 0. The fourth-order valence-corrected chi connectivity index (χ4v) is 0.560. The Kier molecular flexibility index (Phi) is 3.98. The van der Waals surface area contributed by atoms with Crippen molar-refractivity contribution in [3.05, 3.63) is 35.4 Å². The van der Waals surface area contributed by atoms with Crippen LogP contribution in [0.1, 0.15) is 0 Å². The summed E-state index contributed by atoms with van der Waals surface area (Å²) in [5, 5.41) is 0.794. The van der Waals surface area contributed by atoms with Gasteiger partial charge in [-0.05, 0) is 12.1 Å². The molecule has 1 aromatic rings. The molecule has 0 spiro atoms. The SMILES string of the molecule is Clc1ccccc1.[SeH2]. The predicted octanol–water partition coefficient (Wildman–Crippen LogP) is 1.42. The Morgan fingerprint density at radius 3 is 1.75 bits per heavy atom. The molecular weight excluding hydrogens is 186 g/mol. The Morgan fingerprint density at radius 1 is 1.00 bits per heavy atom. The van der Waals surface area contributed by atoms with E-state index in [4.69, 9.17) is 11.6 Å². The van der Waals surface area contributed by atoms with Crippen molar-refractivity contribution in [2.24, 2.45) is 0 Å². The van der Waals surface area contributed by atoms with E-state index in [1.165, 1.54) is 0 Å². The molecule has 44 valence electrons. The van der Waals surface area contributed by atoms with Crippen LogP contribution in [0.5, 0.6) is 0 Å². The minimum absolute atomic E-state index is 0. The van der Waals surface area contributed by atoms with E-state index in [2.05, 4.69) is 0 Å². The first kappa shape index (κ1) is 8.03. The first-order valence-electron chi connectivity index (χ1n) is 2.10. The van der Waals surface area contributed by atoms with Gasteiger partial charge in [-0.25, -0.2) is 0 Å². The quantitative estimate of drug-likeness (QED) is 0.547. The molecule has 1 rings (SSSR count). The molecule has 0 aliphatic carbocycles. The summed E-state index contributed by atoms with van der Waals surface area (Å²) in [5.41, 5.74) is 0. The van der Waals surface area contributed by atoms with Crippen LogP contribution in [0, 0.1) is 0 Å². The molecule has 2 heteroatoms. The van der Waals surface area contributed by atoms with E-state index in [0.717, 1.165) is 5.02 Å². The van der Waals surface area contributed by atoms with E-state index in [-0.39, 0.29) is 17.1 Å². The monoisotopic (exact) mass is 194 g/mol. The summed E-state index contributed by atoms with van der Waals surface area (Å²) in [5.74, 6) is 0. The summed E-state index contributed by atoms with van der Waals surface area (Å²) < 4.78 is 0. The van der Waals surface area contributed by atoms with E-state index in [1.54, 1.807) is 0 Å². The molecule has 0 aliphatic heterocycles. The average Bonchev–Trinajstić information content (AvgIpc) is 1.69. The first-order valence-corrected chi connectivity index (χ1v) is 2.48. The standard InChI is InChI=1S/C6H5Cl.H2Se/c7-6-4-2-1-3-5-6;/h1-5H;1H2. The maximum absolute atomic E-state index is 5.54. The summed E-state index contributed by atoms with van der Waals surface area (Å²) in [6.07, 6.45) is 0. The number of rotatable bonds is 0. The Bertz CT molecular complexity index is 138. The molecule has 1 aromatic carbocycles. The maximum atomic E-state index is 5.54. The molecule has 0 atom stereocenters. The van der Waals surface area contributed by atoms with E-state index in [1.807, 2.05) is 30.3 Å². The number of hydrogen-bond donors (Lipinski definition) is 0. The van der Waals surface area contributed by atoms with Crippen LogP contribution in [0.25, 0.3) is 0 Å². The summed E-state index contributed by atoms with van der Waals surface area (Å²) in [6, 6.07) is 9.44. The van der Waals surface area contributed by atoms with Crippen molar-refractivity contribution in [2.75, 3.05) is 0 Å². The van der Waals surface area contributed by atoms with Crippen molar-refractivity contribution < 1.29 is 0 Å². The van der Waals surface area contributed by atoms with Crippen LogP contribution in [0.2, 0.25) is 5.02 Å². The van der Waals surface area contributed by atoms with Gasteiger partial charge in [-0.15, -0.1) is 0 Å². The fraction of sp³-hybridized carbons (Fsp3) is 0. The van der Waals surface area contributed by atoms with Gasteiger partial charge >= 0.3 is 17.1 Å². The van der Waals surface area contributed by atoms with E-state index in [9.17, 15) is 0 Å². The van der Waals surface area contributed by atoms with E-state index >= 15 is 0 Å². The molecule has 0 fully saturated rings. The molecule has 0 aromatic heterocycles. The van der Waals surface area contributed by atoms with Gasteiger partial charge < -0.3 is 0 Å². The van der Waals surface area contributed by atoms with Crippen molar-refractivity contribution in [3.8, 4) is 0 Å². The summed E-state index contributed by atoms with van der Waals surface area (Å²) in [7, 11) is 0. The van der Waals surface area contributed by atoms with Gasteiger partial charge in [-0.1, -0.05) is 29.8 Å². The van der Waals surface area contributed by atoms with Crippen molar-refractivity contribution in [2.45, 2.75) is 0 Å². The zero-order valence-corrected chi connectivity index (χ0v) is 7.12. The Balaban J connectivity index is 0.000000490. The molecule has 8 heavy (non-hydrogen) atoms. The molecule has 0 saturated heterocycles. The molecule has 0 heterocycles. The third-order valence-electron chi connectivity index (χ3n) is 0.733. The Labute approximate surface area is 64.3 Å². The Morgan fingerprint density at radius 2 is 1.50 bits per heavy atom. The summed E-state index contributed by atoms with van der Waals surface area (Å²) in [4.78, 5) is 0. The second-order valence-corrected chi connectivity index (χ2v) is 1.73. The number of benzene rings is 1. The van der Waals surface area contributed by atoms with Crippen LogP contribution in [-0.2, 0) is 0 Å². The number of halogens is 1. The molecule has 0 saturated carbocycles. The van der Waals surface area contributed by atoms with Crippen LogP contribution in [0.4, 0.5) is 0 Å². The van der Waals surface area contributed by atoms with Gasteiger partial charge in [0.25, 0.3) is 0 Å². The molecule has 0 nitrogen and oxygen atoms in total. The second kappa shape index (κ2) is 3.96. The van der Waals surface area contributed by atoms with Gasteiger partial charge in [0, 0.05) is 5.02 Å². The van der Waals surface area contributed by atoms with Gasteiger partial charge in [-0.3, -0.25) is 0 Å². The fourth-order valence-electron chi connectivity index (χ4n) is 0.415. The van der Waals surface area contributed by atoms with Crippen LogP contribution in [0.15, 0.2) is 30.3 Å². The molecular formula is C6H7ClSe. The van der Waals surface area contributed by atoms with Crippen LogP contribution < -0.4 is 0 Å². The van der Waals surface area contributed by atoms with Gasteiger partial charge in [0.05, 0.1) is 0 Å². The topological polar surface area (TPSA) is 0 Å². The van der Waals surface area contributed by atoms with Gasteiger partial charge in [0.2, 0.25) is 0 Å². The summed E-state index contributed by atoms with van der Waals surface area (Å²) in [6.45, 7) is 0. The average molecular weight is 194 g/mol. The van der Waals surface area contributed by atoms with Crippen molar-refractivity contribution in [1.82, 2.24) is 0 Å². The second-order valence-electron chi connectivity index (χ2n) is 1.30. The zero-order valence-electron chi connectivity index (χ0n) is 4.26. The van der Waals surface area contributed by atoms with E-state index in [0.29, 0.717) is 0 Å². The van der Waals surface area contributed by atoms with Gasteiger partial charge in [0.1, 0.15) is 0 Å². The van der Waals surface area contributed by atoms with Crippen molar-refractivity contribution in [1.29, 1.82) is 0 Å². The Hall–Kier alpha value is 0.0295. The third kappa shape index (κ3) is 2.37. The van der Waals surface area contributed by atoms with Gasteiger partial charge in [0.15, 0.2) is 0 Å². The predicted molar refractivity (Wildman–Crippen MR) is 40.0 cm³/mol. The van der Waals surface area contributed by atoms with E-state index < -0.39 is 0 Å². The van der Waals surface area contributed by atoms with Crippen molar-refractivity contribution in [3.63, 3.8) is 0 Å². The van der Waals surface area contributed by atoms with Gasteiger partial charge in [-0.2, -0.15) is 0 Å². The molecule has 0 bridgehead atoms. The van der Waals surface area contributed by atoms with Crippen LogP contribution in [0.3, 0.4) is 0 Å². The first-order chi connectivity index (χ1) is 3.39. The molecule has 0 unspecified atom stereocenters. The van der Waals surface area contributed by atoms with Crippen LogP contribution >= 0.6 is 11.6 Å². The zero-order chi connectivity index (χ0) is 5.11. The molecule has 0 amide bonds. The molecule has 0 N–H and O–H groups in total. The third-order valence-corrected chi connectivity index (χ3v) is 0.985. The molecule has 0 radical (unpaired) electrons. The molecule has 0 aliphatic rings. The van der Waals surface area contributed by atoms with Crippen LogP contribution in [-0.4, -0.2) is 17.1 Å². The normalized spacial score (nSPS) is 7.62. The summed E-state index contributed by atoms with van der Waals surface area (Å²) >= 11 is 5.54. The van der Waals surface area contributed by atoms with Crippen molar-refractivity contribution >= 4 is 28.7 Å². The number of hydrogen-bond acceptors (Lipinski definition) is 0.